The molecular formula is C27H27N3O3S2. The van der Waals surface area contributed by atoms with E-state index in [-0.39, 0.29) is 23.4 Å². The van der Waals surface area contributed by atoms with Crippen LogP contribution in [0.1, 0.15) is 28.2 Å². The number of hydrogen-bond donors (Lipinski definition) is 0. The third-order valence-corrected chi connectivity index (χ3v) is 9.05. The molecule has 1 fully saturated rings. The fourth-order valence-corrected chi connectivity index (χ4v) is 6.92. The van der Waals surface area contributed by atoms with Crippen molar-refractivity contribution >= 4 is 38.2 Å². The number of para-hydroxylation sites is 1. The standard InChI is InChI=1S/C27H27N3O3S2/c1-20-12-15-24(34-20)18-29(17-21-7-3-2-4-8-21)26(31)19-30(23-13-14-23)35(32,33)25-11-5-9-22-10-6-16-28-27(22)25/h2-12,15-16,23H,13-14,17-19H2,1H3. The lowest BCUT2D eigenvalue weighted by atomic mass is 10.2. The summed E-state index contributed by atoms with van der Waals surface area (Å²) in [6.07, 6.45) is 3.11. The van der Waals surface area contributed by atoms with Gasteiger partial charge in [0.15, 0.2) is 0 Å². The van der Waals surface area contributed by atoms with Crippen molar-refractivity contribution in [3.05, 3.63) is 94.3 Å². The lowest BCUT2D eigenvalue weighted by molar-refractivity contribution is -0.132. The zero-order valence-electron chi connectivity index (χ0n) is 19.5. The summed E-state index contributed by atoms with van der Waals surface area (Å²) >= 11 is 1.65. The Balaban J connectivity index is 1.45. The molecule has 2 aromatic heterocycles. The predicted molar refractivity (Wildman–Crippen MR) is 138 cm³/mol. The number of aromatic nitrogens is 1. The summed E-state index contributed by atoms with van der Waals surface area (Å²) in [4.78, 5) is 22.2. The molecule has 35 heavy (non-hydrogen) atoms. The molecular weight excluding hydrogens is 478 g/mol. The number of benzene rings is 2. The van der Waals surface area contributed by atoms with E-state index in [0.717, 1.165) is 28.7 Å². The number of carbonyl (C=O) groups excluding carboxylic acids is 1. The molecule has 0 radical (unpaired) electrons. The summed E-state index contributed by atoms with van der Waals surface area (Å²) in [5.74, 6) is -0.205. The van der Waals surface area contributed by atoms with Gasteiger partial charge in [0.05, 0.1) is 18.6 Å². The highest BCUT2D eigenvalue weighted by atomic mass is 32.2. The first-order valence-corrected chi connectivity index (χ1v) is 13.9. The van der Waals surface area contributed by atoms with E-state index in [1.54, 1.807) is 40.6 Å². The molecule has 5 rings (SSSR count). The van der Waals surface area contributed by atoms with E-state index in [9.17, 15) is 13.2 Å². The van der Waals surface area contributed by atoms with Gasteiger partial charge >= 0.3 is 0 Å². The highest BCUT2D eigenvalue weighted by Gasteiger charge is 2.40. The number of thiophene rings is 1. The minimum Gasteiger partial charge on any atom is -0.332 e. The second-order valence-electron chi connectivity index (χ2n) is 8.86. The summed E-state index contributed by atoms with van der Waals surface area (Å²) in [5.41, 5.74) is 1.44. The van der Waals surface area contributed by atoms with Crippen LogP contribution in [-0.2, 0) is 27.9 Å². The monoisotopic (exact) mass is 505 g/mol. The number of nitrogens with zero attached hydrogens (tertiary/aromatic N) is 3. The van der Waals surface area contributed by atoms with Crippen molar-refractivity contribution in [3.63, 3.8) is 0 Å². The summed E-state index contributed by atoms with van der Waals surface area (Å²) in [7, 11) is -3.91. The van der Waals surface area contributed by atoms with Crippen LogP contribution in [-0.4, -0.2) is 41.1 Å². The van der Waals surface area contributed by atoms with Crippen LogP contribution in [0.15, 0.2) is 83.9 Å². The molecule has 2 aromatic carbocycles. The molecule has 1 saturated carbocycles. The zero-order chi connectivity index (χ0) is 24.4. The highest BCUT2D eigenvalue weighted by molar-refractivity contribution is 7.89. The van der Waals surface area contributed by atoms with Crippen molar-refractivity contribution in [1.29, 1.82) is 0 Å². The van der Waals surface area contributed by atoms with Crippen molar-refractivity contribution in [2.45, 2.75) is 43.8 Å². The molecule has 0 N–H and O–H groups in total. The molecule has 0 atom stereocenters. The quantitative estimate of drug-likeness (QED) is 0.321. The van der Waals surface area contributed by atoms with Gasteiger partial charge in [-0.1, -0.05) is 48.5 Å². The van der Waals surface area contributed by atoms with Gasteiger partial charge in [-0.3, -0.25) is 9.78 Å². The molecule has 1 aliphatic carbocycles. The summed E-state index contributed by atoms with van der Waals surface area (Å²) in [6, 6.07) is 22.5. The molecule has 0 spiro atoms. The van der Waals surface area contributed by atoms with E-state index in [1.807, 2.05) is 61.5 Å². The number of hydrogen-bond acceptors (Lipinski definition) is 5. The Morgan fingerprint density at radius 1 is 0.971 bits per heavy atom. The second kappa shape index (κ2) is 9.89. The number of fused-ring (bicyclic) bond motifs is 1. The van der Waals surface area contributed by atoms with Crippen LogP contribution in [0.25, 0.3) is 10.9 Å². The summed E-state index contributed by atoms with van der Waals surface area (Å²) < 4.78 is 29.0. The number of pyridine rings is 1. The minimum atomic E-state index is -3.91. The molecule has 0 saturated heterocycles. The number of carbonyl (C=O) groups is 1. The predicted octanol–water partition coefficient (Wildman–Crippen LogP) is 4.99. The molecule has 180 valence electrons. The number of aryl methyl sites for hydroxylation is 1. The second-order valence-corrected chi connectivity index (χ2v) is 12.1. The third kappa shape index (κ3) is 5.29. The maximum Gasteiger partial charge on any atom is 0.245 e. The van der Waals surface area contributed by atoms with E-state index < -0.39 is 10.0 Å². The van der Waals surface area contributed by atoms with Crippen molar-refractivity contribution in [3.8, 4) is 0 Å². The SMILES string of the molecule is Cc1ccc(CN(Cc2ccccc2)C(=O)CN(C2CC2)S(=O)(=O)c2cccc3cccnc23)s1. The Morgan fingerprint density at radius 2 is 1.74 bits per heavy atom. The maximum absolute atomic E-state index is 13.8. The molecule has 0 bridgehead atoms. The molecule has 1 amide bonds. The van der Waals surface area contributed by atoms with Crippen LogP contribution in [0.3, 0.4) is 0 Å². The van der Waals surface area contributed by atoms with Crippen LogP contribution >= 0.6 is 11.3 Å². The van der Waals surface area contributed by atoms with Gasteiger partial charge in [0, 0.05) is 33.9 Å². The first kappa shape index (κ1) is 23.7. The Labute approximate surface area is 209 Å². The number of rotatable bonds is 9. The normalized spacial score (nSPS) is 13.9. The van der Waals surface area contributed by atoms with Crippen molar-refractivity contribution in [1.82, 2.24) is 14.2 Å². The first-order chi connectivity index (χ1) is 16.9. The van der Waals surface area contributed by atoms with Gasteiger partial charge in [-0.2, -0.15) is 4.31 Å². The van der Waals surface area contributed by atoms with Gasteiger partial charge in [-0.25, -0.2) is 8.42 Å². The van der Waals surface area contributed by atoms with Crippen LogP contribution in [0.2, 0.25) is 0 Å². The fourth-order valence-electron chi connectivity index (χ4n) is 4.21. The summed E-state index contributed by atoms with van der Waals surface area (Å²) in [5, 5.41) is 0.759. The van der Waals surface area contributed by atoms with E-state index in [1.165, 1.54) is 9.18 Å². The molecule has 6 nitrogen and oxygen atoms in total. The van der Waals surface area contributed by atoms with Gasteiger partial charge in [-0.15, -0.1) is 11.3 Å². The molecule has 2 heterocycles. The third-order valence-electron chi connectivity index (χ3n) is 6.14. The Kier molecular flexibility index (Phi) is 6.69. The molecule has 1 aliphatic rings. The van der Waals surface area contributed by atoms with Crippen molar-refractivity contribution in [2.24, 2.45) is 0 Å². The highest BCUT2D eigenvalue weighted by Crippen LogP contribution is 2.34. The molecule has 4 aromatic rings. The zero-order valence-corrected chi connectivity index (χ0v) is 21.1. The van der Waals surface area contributed by atoms with Crippen LogP contribution in [0.5, 0.6) is 0 Å². The molecule has 0 unspecified atom stereocenters. The van der Waals surface area contributed by atoms with Crippen LogP contribution < -0.4 is 0 Å². The van der Waals surface area contributed by atoms with E-state index in [4.69, 9.17) is 0 Å². The van der Waals surface area contributed by atoms with E-state index >= 15 is 0 Å². The maximum atomic E-state index is 13.8. The van der Waals surface area contributed by atoms with Crippen molar-refractivity contribution < 1.29 is 13.2 Å². The van der Waals surface area contributed by atoms with Crippen LogP contribution in [0, 0.1) is 6.92 Å². The number of sulfonamides is 1. The minimum absolute atomic E-state index is 0.152. The Morgan fingerprint density at radius 3 is 2.46 bits per heavy atom. The lowest BCUT2D eigenvalue weighted by Crippen LogP contribution is -2.43. The van der Waals surface area contributed by atoms with Gasteiger partial charge in [0.25, 0.3) is 0 Å². The Hall–Kier alpha value is -3.07. The van der Waals surface area contributed by atoms with Crippen molar-refractivity contribution in [2.75, 3.05) is 6.54 Å². The fraction of sp³-hybridized carbons (Fsp3) is 0.259. The molecule has 8 heteroatoms. The number of amides is 1. The van der Waals surface area contributed by atoms with Gasteiger partial charge in [0.1, 0.15) is 4.90 Å². The Bertz CT molecular complexity index is 1440. The van der Waals surface area contributed by atoms with E-state index in [2.05, 4.69) is 4.98 Å². The first-order valence-electron chi connectivity index (χ1n) is 11.6. The average molecular weight is 506 g/mol. The van der Waals surface area contributed by atoms with Gasteiger partial charge < -0.3 is 4.90 Å². The lowest BCUT2D eigenvalue weighted by Gasteiger charge is -2.27. The van der Waals surface area contributed by atoms with Gasteiger partial charge in [0.2, 0.25) is 15.9 Å². The largest absolute Gasteiger partial charge is 0.332 e. The molecule has 0 aliphatic heterocycles. The van der Waals surface area contributed by atoms with Gasteiger partial charge in [-0.05, 0) is 49.6 Å². The summed E-state index contributed by atoms with van der Waals surface area (Å²) in [6.45, 7) is 2.72. The topological polar surface area (TPSA) is 70.6 Å². The average Bonchev–Trinajstić information content (AvgIpc) is 3.62. The smallest absolute Gasteiger partial charge is 0.245 e. The van der Waals surface area contributed by atoms with Crippen LogP contribution in [0.4, 0.5) is 0 Å². The van der Waals surface area contributed by atoms with E-state index in [0.29, 0.717) is 18.6 Å².